The highest BCUT2D eigenvalue weighted by atomic mass is 16.6. The average Bonchev–Trinajstić information content (AvgIpc) is 2.97. The summed E-state index contributed by atoms with van der Waals surface area (Å²) in [6.07, 6.45) is 2.76. The maximum absolute atomic E-state index is 12.5. The minimum absolute atomic E-state index is 0.0276. The number of phenolic OH excluding ortho intramolecular Hbond substituents is 1. The molecule has 0 bridgehead atoms. The molecule has 0 aromatic heterocycles. The van der Waals surface area contributed by atoms with Crippen molar-refractivity contribution >= 4 is 17.6 Å². The summed E-state index contributed by atoms with van der Waals surface area (Å²) in [6.45, 7) is 5.18. The number of aromatic hydroxyl groups is 1. The molecule has 0 saturated heterocycles. The largest absolute Gasteiger partial charge is 0.507 e. The van der Waals surface area contributed by atoms with Crippen molar-refractivity contribution in [3.63, 3.8) is 0 Å². The number of carbonyl (C=O) groups excluding carboxylic acids is 2. The number of carbonyl (C=O) groups is 2. The molecule has 0 aliphatic heterocycles. The Morgan fingerprint density at radius 1 is 1.29 bits per heavy atom. The molecule has 0 unspecified atom stereocenters. The summed E-state index contributed by atoms with van der Waals surface area (Å²) < 4.78 is 5.24. The van der Waals surface area contributed by atoms with Crippen molar-refractivity contribution in [2.75, 3.05) is 5.32 Å². The van der Waals surface area contributed by atoms with Crippen molar-refractivity contribution in [3.8, 4) is 11.8 Å². The Morgan fingerprint density at radius 3 is 2.46 bits per heavy atom. The van der Waals surface area contributed by atoms with Gasteiger partial charge in [0.25, 0.3) is 0 Å². The van der Waals surface area contributed by atoms with Gasteiger partial charge in [-0.25, -0.2) is 4.79 Å². The van der Waals surface area contributed by atoms with Gasteiger partial charge in [-0.1, -0.05) is 12.8 Å². The van der Waals surface area contributed by atoms with E-state index in [9.17, 15) is 20.0 Å². The summed E-state index contributed by atoms with van der Waals surface area (Å²) >= 11 is 0. The topological polar surface area (TPSA) is 99.4 Å². The lowest BCUT2D eigenvalue weighted by molar-refractivity contribution is -0.122. The number of amides is 1. The van der Waals surface area contributed by atoms with Gasteiger partial charge in [-0.15, -0.1) is 0 Å². The molecular formula is C18H22N2O4. The van der Waals surface area contributed by atoms with Gasteiger partial charge in [0, 0.05) is 5.69 Å². The lowest BCUT2D eigenvalue weighted by atomic mass is 9.87. The van der Waals surface area contributed by atoms with Gasteiger partial charge in [0.1, 0.15) is 22.3 Å². The maximum atomic E-state index is 12.5. The molecule has 0 atom stereocenters. The van der Waals surface area contributed by atoms with Gasteiger partial charge < -0.3 is 15.2 Å². The number of phenols is 1. The number of nitriles is 1. The van der Waals surface area contributed by atoms with Gasteiger partial charge in [0.15, 0.2) is 0 Å². The van der Waals surface area contributed by atoms with Crippen LogP contribution in [0.3, 0.4) is 0 Å². The molecule has 6 heteroatoms. The Balaban J connectivity index is 2.21. The number of hydrogen-bond donors (Lipinski definition) is 2. The number of benzene rings is 1. The molecule has 1 amide bonds. The first-order valence-corrected chi connectivity index (χ1v) is 7.96. The van der Waals surface area contributed by atoms with E-state index < -0.39 is 17.0 Å². The van der Waals surface area contributed by atoms with E-state index in [0.29, 0.717) is 18.5 Å². The molecule has 1 aromatic carbocycles. The zero-order valence-electron chi connectivity index (χ0n) is 14.2. The fraction of sp³-hybridized carbons (Fsp3) is 0.500. The first-order chi connectivity index (χ1) is 11.2. The zero-order chi connectivity index (χ0) is 18.0. The maximum Gasteiger partial charge on any atom is 0.342 e. The lowest BCUT2D eigenvalue weighted by Crippen LogP contribution is -2.32. The molecule has 2 N–H and O–H groups in total. The van der Waals surface area contributed by atoms with Crippen molar-refractivity contribution < 1.29 is 19.4 Å². The highest BCUT2D eigenvalue weighted by Gasteiger charge is 2.41. The molecule has 1 saturated carbocycles. The second kappa shape index (κ2) is 6.52. The number of nitrogens with zero attached hydrogens (tertiary/aromatic N) is 1. The third kappa shape index (κ3) is 3.85. The van der Waals surface area contributed by atoms with Gasteiger partial charge in [-0.05, 0) is 51.8 Å². The molecule has 6 nitrogen and oxygen atoms in total. The van der Waals surface area contributed by atoms with Gasteiger partial charge in [0.05, 0.1) is 6.07 Å². The van der Waals surface area contributed by atoms with E-state index in [1.807, 2.05) is 0 Å². The second-order valence-corrected chi connectivity index (χ2v) is 7.09. The summed E-state index contributed by atoms with van der Waals surface area (Å²) in [4.78, 5) is 24.6. The molecule has 128 valence electrons. The van der Waals surface area contributed by atoms with Crippen LogP contribution in [0.25, 0.3) is 0 Å². The van der Waals surface area contributed by atoms with Gasteiger partial charge in [-0.2, -0.15) is 5.26 Å². The van der Waals surface area contributed by atoms with Crippen LogP contribution in [0.4, 0.5) is 5.69 Å². The third-order valence-corrected chi connectivity index (χ3v) is 3.98. The standard InChI is InChI=1S/C18H22N2O4/c1-17(2,3)24-15(22)13-10-12(6-7-14(13)21)20-16(23)18(11-19)8-4-5-9-18/h6-7,10,21H,4-5,8-9H2,1-3H3,(H,20,23). The van der Waals surface area contributed by atoms with E-state index in [1.54, 1.807) is 20.8 Å². The highest BCUT2D eigenvalue weighted by molar-refractivity contribution is 5.99. The van der Waals surface area contributed by atoms with E-state index in [1.165, 1.54) is 18.2 Å². The van der Waals surface area contributed by atoms with Gasteiger partial charge in [0.2, 0.25) is 5.91 Å². The smallest absolute Gasteiger partial charge is 0.342 e. The SMILES string of the molecule is CC(C)(C)OC(=O)c1cc(NC(=O)C2(C#N)CCCC2)ccc1O. The van der Waals surface area contributed by atoms with Crippen LogP contribution < -0.4 is 5.32 Å². The second-order valence-electron chi connectivity index (χ2n) is 7.09. The van der Waals surface area contributed by atoms with Crippen molar-refractivity contribution in [2.45, 2.75) is 52.1 Å². The summed E-state index contributed by atoms with van der Waals surface area (Å²) in [6, 6.07) is 6.30. The summed E-state index contributed by atoms with van der Waals surface area (Å²) in [5.41, 5.74) is -1.39. The van der Waals surface area contributed by atoms with Crippen LogP contribution in [0.5, 0.6) is 5.75 Å². The quantitative estimate of drug-likeness (QED) is 0.654. The van der Waals surface area contributed by atoms with Crippen molar-refractivity contribution in [2.24, 2.45) is 5.41 Å². The average molecular weight is 330 g/mol. The van der Waals surface area contributed by atoms with Crippen LogP contribution in [0.15, 0.2) is 18.2 Å². The molecule has 1 aromatic rings. The van der Waals surface area contributed by atoms with E-state index in [2.05, 4.69) is 11.4 Å². The zero-order valence-corrected chi connectivity index (χ0v) is 14.2. The molecule has 1 aliphatic rings. The highest BCUT2D eigenvalue weighted by Crippen LogP contribution is 2.38. The van der Waals surface area contributed by atoms with Crippen molar-refractivity contribution in [1.82, 2.24) is 0 Å². The fourth-order valence-electron chi connectivity index (χ4n) is 2.73. The van der Waals surface area contributed by atoms with Crippen molar-refractivity contribution in [3.05, 3.63) is 23.8 Å². The number of hydrogen-bond acceptors (Lipinski definition) is 5. The predicted octanol–water partition coefficient (Wildman–Crippen LogP) is 3.37. The first kappa shape index (κ1) is 17.8. The van der Waals surface area contributed by atoms with Crippen LogP contribution in [-0.4, -0.2) is 22.6 Å². The van der Waals surface area contributed by atoms with E-state index in [0.717, 1.165) is 12.8 Å². The Hall–Kier alpha value is -2.55. The molecule has 2 rings (SSSR count). The molecule has 0 spiro atoms. The minimum Gasteiger partial charge on any atom is -0.507 e. The molecule has 1 aliphatic carbocycles. The predicted molar refractivity (Wildman–Crippen MR) is 88.4 cm³/mol. The van der Waals surface area contributed by atoms with E-state index >= 15 is 0 Å². The van der Waals surface area contributed by atoms with Crippen LogP contribution in [0, 0.1) is 16.7 Å². The third-order valence-electron chi connectivity index (χ3n) is 3.98. The minimum atomic E-state index is -1.01. The first-order valence-electron chi connectivity index (χ1n) is 7.96. The van der Waals surface area contributed by atoms with Crippen LogP contribution in [-0.2, 0) is 9.53 Å². The molecule has 0 radical (unpaired) electrons. The summed E-state index contributed by atoms with van der Waals surface area (Å²) in [7, 11) is 0. The Kier molecular flexibility index (Phi) is 4.83. The Bertz CT molecular complexity index is 692. The monoisotopic (exact) mass is 330 g/mol. The van der Waals surface area contributed by atoms with Gasteiger partial charge in [-0.3, -0.25) is 4.79 Å². The van der Waals surface area contributed by atoms with Crippen LogP contribution in [0.1, 0.15) is 56.8 Å². The summed E-state index contributed by atoms with van der Waals surface area (Å²) in [5.74, 6) is -1.27. The number of anilines is 1. The molecule has 24 heavy (non-hydrogen) atoms. The Labute approximate surface area is 141 Å². The fourth-order valence-corrected chi connectivity index (χ4v) is 2.73. The summed E-state index contributed by atoms with van der Waals surface area (Å²) in [5, 5.41) is 21.9. The number of rotatable bonds is 3. The lowest BCUT2D eigenvalue weighted by Gasteiger charge is -2.21. The molecular weight excluding hydrogens is 308 g/mol. The van der Waals surface area contributed by atoms with E-state index in [4.69, 9.17) is 4.74 Å². The van der Waals surface area contributed by atoms with Crippen molar-refractivity contribution in [1.29, 1.82) is 5.26 Å². The van der Waals surface area contributed by atoms with E-state index in [-0.39, 0.29) is 17.2 Å². The number of nitrogens with one attached hydrogen (secondary N) is 1. The van der Waals surface area contributed by atoms with Crippen LogP contribution in [0.2, 0.25) is 0 Å². The molecule has 1 fully saturated rings. The normalized spacial score (nSPS) is 16.2. The van der Waals surface area contributed by atoms with Crippen LogP contribution >= 0.6 is 0 Å². The molecule has 0 heterocycles. The number of ether oxygens (including phenoxy) is 1. The number of esters is 1. The van der Waals surface area contributed by atoms with Gasteiger partial charge >= 0.3 is 5.97 Å². The Morgan fingerprint density at radius 2 is 1.92 bits per heavy atom.